The molecule has 2 fully saturated rings. The second-order valence-electron chi connectivity index (χ2n) is 5.57. The van der Waals surface area contributed by atoms with Crippen molar-refractivity contribution in [1.29, 1.82) is 0 Å². The number of carbonyl (C=O) groups is 1. The van der Waals surface area contributed by atoms with E-state index in [4.69, 9.17) is 4.74 Å². The van der Waals surface area contributed by atoms with Crippen molar-refractivity contribution < 1.29 is 22.7 Å². The van der Waals surface area contributed by atoms with Gasteiger partial charge in [0.15, 0.2) is 0 Å². The van der Waals surface area contributed by atoms with Crippen LogP contribution in [0.1, 0.15) is 38.5 Å². The van der Waals surface area contributed by atoms with E-state index >= 15 is 0 Å². The Bertz CT molecular complexity index is 330. The number of amides is 1. The van der Waals surface area contributed by atoms with Gasteiger partial charge in [-0.2, -0.15) is 13.2 Å². The van der Waals surface area contributed by atoms with Crippen molar-refractivity contribution >= 4 is 5.91 Å². The van der Waals surface area contributed by atoms with Gasteiger partial charge in [-0.1, -0.05) is 0 Å². The lowest BCUT2D eigenvalue weighted by Crippen LogP contribution is -2.47. The van der Waals surface area contributed by atoms with Crippen molar-refractivity contribution in [2.24, 2.45) is 0 Å². The van der Waals surface area contributed by atoms with E-state index in [0.29, 0.717) is 12.8 Å². The molecule has 3 atom stereocenters. The molecule has 1 heterocycles. The third kappa shape index (κ3) is 4.94. The zero-order valence-corrected chi connectivity index (χ0v) is 11.3. The maximum absolute atomic E-state index is 12.1. The molecule has 0 radical (unpaired) electrons. The number of carbonyl (C=O) groups excluding carboxylic acids is 1. The number of nitrogens with one attached hydrogen (secondary N) is 2. The Balaban J connectivity index is 1.73. The van der Waals surface area contributed by atoms with Crippen LogP contribution in [-0.2, 0) is 9.53 Å². The molecule has 4 nitrogen and oxygen atoms in total. The third-order valence-corrected chi connectivity index (χ3v) is 3.83. The summed E-state index contributed by atoms with van der Waals surface area (Å²) in [5, 5.41) is 6.04. The molecule has 1 aliphatic heterocycles. The van der Waals surface area contributed by atoms with Crippen LogP contribution in [0.4, 0.5) is 13.2 Å². The highest BCUT2D eigenvalue weighted by Gasteiger charge is 2.32. The normalized spacial score (nSPS) is 31.2. The molecule has 1 aliphatic carbocycles. The van der Waals surface area contributed by atoms with Gasteiger partial charge in [-0.15, -0.1) is 0 Å². The summed E-state index contributed by atoms with van der Waals surface area (Å²) in [5.41, 5.74) is 0. The van der Waals surface area contributed by atoms with Gasteiger partial charge in [0, 0.05) is 6.04 Å². The highest BCUT2D eigenvalue weighted by Crippen LogP contribution is 2.24. The molecule has 0 aromatic heterocycles. The van der Waals surface area contributed by atoms with E-state index in [-0.39, 0.29) is 18.0 Å². The minimum absolute atomic E-state index is 0.0380. The number of rotatable bonds is 4. The fourth-order valence-electron chi connectivity index (χ4n) is 2.85. The second-order valence-corrected chi connectivity index (χ2v) is 5.57. The molecule has 1 amide bonds. The van der Waals surface area contributed by atoms with Gasteiger partial charge in [-0.3, -0.25) is 4.79 Å². The van der Waals surface area contributed by atoms with Crippen molar-refractivity contribution in [2.45, 2.75) is 62.9 Å². The average molecular weight is 294 g/mol. The van der Waals surface area contributed by atoms with Crippen LogP contribution in [0.5, 0.6) is 0 Å². The van der Waals surface area contributed by atoms with Crippen LogP contribution in [0.25, 0.3) is 0 Å². The van der Waals surface area contributed by atoms with Crippen molar-refractivity contribution in [3.8, 4) is 0 Å². The first kappa shape index (κ1) is 15.6. The molecular weight excluding hydrogens is 273 g/mol. The predicted octanol–water partition coefficient (Wildman–Crippen LogP) is 1.74. The molecule has 0 spiro atoms. The molecule has 2 rings (SSSR count). The Morgan fingerprint density at radius 3 is 2.70 bits per heavy atom. The van der Waals surface area contributed by atoms with Crippen LogP contribution in [0.2, 0.25) is 0 Å². The summed E-state index contributed by atoms with van der Waals surface area (Å²) in [6.45, 7) is -0.359. The maximum Gasteiger partial charge on any atom is 0.411 e. The molecule has 3 unspecified atom stereocenters. The van der Waals surface area contributed by atoms with Crippen molar-refractivity contribution in [3.63, 3.8) is 0 Å². The van der Waals surface area contributed by atoms with Gasteiger partial charge in [0.2, 0.25) is 5.91 Å². The number of hydrogen-bond donors (Lipinski definition) is 2. The Morgan fingerprint density at radius 2 is 2.05 bits per heavy atom. The fraction of sp³-hybridized carbons (Fsp3) is 0.923. The number of halogens is 3. The van der Waals surface area contributed by atoms with Crippen molar-refractivity contribution in [3.05, 3.63) is 0 Å². The van der Waals surface area contributed by atoms with Crippen LogP contribution in [0.15, 0.2) is 0 Å². The standard InChI is InChI=1S/C13H21F3N2O2/c14-13(15,16)8-20-10-4-1-3-9(7-10)18-12(19)11-5-2-6-17-11/h9-11,17H,1-8H2,(H,18,19). The van der Waals surface area contributed by atoms with Crippen LogP contribution in [0, 0.1) is 0 Å². The van der Waals surface area contributed by atoms with Gasteiger partial charge in [0.25, 0.3) is 0 Å². The maximum atomic E-state index is 12.1. The SMILES string of the molecule is O=C(NC1CCCC(OCC(F)(F)F)C1)C1CCCN1. The predicted molar refractivity (Wildman–Crippen MR) is 67.2 cm³/mol. The summed E-state index contributed by atoms with van der Waals surface area (Å²) in [6.07, 6.45) is -0.197. The van der Waals surface area contributed by atoms with Gasteiger partial charge < -0.3 is 15.4 Å². The largest absolute Gasteiger partial charge is 0.411 e. The molecule has 2 N–H and O–H groups in total. The molecule has 2 aliphatic rings. The summed E-state index contributed by atoms with van der Waals surface area (Å²) >= 11 is 0. The van der Waals surface area contributed by atoms with Gasteiger partial charge in [-0.25, -0.2) is 0 Å². The Hall–Kier alpha value is -0.820. The summed E-state index contributed by atoms with van der Waals surface area (Å²) in [7, 11) is 0. The first-order chi connectivity index (χ1) is 9.44. The van der Waals surface area contributed by atoms with E-state index < -0.39 is 18.9 Å². The minimum Gasteiger partial charge on any atom is -0.369 e. The molecule has 1 saturated carbocycles. The minimum atomic E-state index is -4.29. The van der Waals surface area contributed by atoms with Gasteiger partial charge >= 0.3 is 6.18 Å². The highest BCUT2D eigenvalue weighted by molar-refractivity contribution is 5.82. The van der Waals surface area contributed by atoms with Crippen LogP contribution >= 0.6 is 0 Å². The van der Waals surface area contributed by atoms with Crippen molar-refractivity contribution in [1.82, 2.24) is 10.6 Å². The molecular formula is C13H21F3N2O2. The molecule has 116 valence electrons. The summed E-state index contributed by atoms with van der Waals surface area (Å²) < 4.78 is 41.3. The van der Waals surface area contributed by atoms with Crippen molar-refractivity contribution in [2.75, 3.05) is 13.2 Å². The number of ether oxygens (including phenoxy) is 1. The molecule has 1 saturated heterocycles. The Labute approximate surface area is 116 Å². The quantitative estimate of drug-likeness (QED) is 0.830. The van der Waals surface area contributed by atoms with Crippen LogP contribution in [0.3, 0.4) is 0 Å². The lowest BCUT2D eigenvalue weighted by atomic mass is 9.92. The van der Waals surface area contributed by atoms with E-state index in [9.17, 15) is 18.0 Å². The number of hydrogen-bond acceptors (Lipinski definition) is 3. The Morgan fingerprint density at radius 1 is 1.25 bits per heavy atom. The van der Waals surface area contributed by atoms with Crippen LogP contribution in [-0.4, -0.2) is 43.4 Å². The highest BCUT2D eigenvalue weighted by atomic mass is 19.4. The first-order valence-corrected chi connectivity index (χ1v) is 7.16. The third-order valence-electron chi connectivity index (χ3n) is 3.83. The Kier molecular flexibility index (Phi) is 5.26. The van der Waals surface area contributed by atoms with Gasteiger partial charge in [-0.05, 0) is 45.1 Å². The molecule has 0 bridgehead atoms. The lowest BCUT2D eigenvalue weighted by molar-refractivity contribution is -0.188. The van der Waals surface area contributed by atoms with Crippen LogP contribution < -0.4 is 10.6 Å². The second kappa shape index (κ2) is 6.76. The zero-order valence-electron chi connectivity index (χ0n) is 11.3. The van der Waals surface area contributed by atoms with E-state index in [2.05, 4.69) is 10.6 Å². The molecule has 0 aromatic rings. The fourth-order valence-corrected chi connectivity index (χ4v) is 2.85. The molecule has 7 heteroatoms. The molecule has 0 aromatic carbocycles. The van der Waals surface area contributed by atoms with Gasteiger partial charge in [0.1, 0.15) is 6.61 Å². The number of alkyl halides is 3. The summed E-state index contributed by atoms with van der Waals surface area (Å²) in [6, 6.07) is -0.219. The smallest absolute Gasteiger partial charge is 0.369 e. The zero-order chi connectivity index (χ0) is 14.6. The van der Waals surface area contributed by atoms with E-state index in [1.165, 1.54) is 0 Å². The summed E-state index contributed by atoms with van der Waals surface area (Å²) in [4.78, 5) is 11.9. The van der Waals surface area contributed by atoms with E-state index in [0.717, 1.165) is 32.2 Å². The van der Waals surface area contributed by atoms with Gasteiger partial charge in [0.05, 0.1) is 12.1 Å². The lowest BCUT2D eigenvalue weighted by Gasteiger charge is -2.30. The average Bonchev–Trinajstić information content (AvgIpc) is 2.90. The first-order valence-electron chi connectivity index (χ1n) is 7.16. The summed E-state index contributed by atoms with van der Waals surface area (Å²) in [5.74, 6) is -0.0380. The van der Waals surface area contributed by atoms with E-state index in [1.807, 2.05) is 0 Å². The van der Waals surface area contributed by atoms with E-state index in [1.54, 1.807) is 0 Å². The monoisotopic (exact) mass is 294 g/mol. The topological polar surface area (TPSA) is 50.4 Å². The molecule has 20 heavy (non-hydrogen) atoms.